The molecule has 0 saturated heterocycles. The first-order valence-corrected chi connectivity index (χ1v) is 8.43. The lowest BCUT2D eigenvalue weighted by atomic mass is 10.1. The van der Waals surface area contributed by atoms with Gasteiger partial charge in [-0.15, -0.1) is 0 Å². The summed E-state index contributed by atoms with van der Waals surface area (Å²) in [5.41, 5.74) is 0.300. The zero-order valence-electron chi connectivity index (χ0n) is 10.7. The third-order valence-corrected chi connectivity index (χ3v) is 3.94. The summed E-state index contributed by atoms with van der Waals surface area (Å²) < 4.78 is 27.0. The van der Waals surface area contributed by atoms with Crippen LogP contribution in [-0.4, -0.2) is 30.7 Å². The Kier molecular flexibility index (Phi) is 4.59. The predicted octanol–water partition coefficient (Wildman–Crippen LogP) is 2.48. The monoisotopic (exact) mass is 330 g/mol. The van der Waals surface area contributed by atoms with E-state index in [1.807, 2.05) is 0 Å². The van der Waals surface area contributed by atoms with Crippen LogP contribution in [0.5, 0.6) is 5.75 Å². The highest BCUT2D eigenvalue weighted by molar-refractivity contribution is 8.13. The van der Waals surface area contributed by atoms with Crippen molar-refractivity contribution in [3.63, 3.8) is 0 Å². The molecule has 21 heavy (non-hydrogen) atoms. The number of pyridine rings is 1. The molecule has 0 radical (unpaired) electrons. The summed E-state index contributed by atoms with van der Waals surface area (Å²) in [6, 6.07) is 5.95. The summed E-state index contributed by atoms with van der Waals surface area (Å²) in [6.45, 7) is 0.120. The highest BCUT2D eigenvalue weighted by atomic mass is 35.7. The smallest absolute Gasteiger partial charge is 0.279 e. The van der Waals surface area contributed by atoms with Gasteiger partial charge in [-0.05, 0) is 24.6 Å². The lowest BCUT2D eigenvalue weighted by Gasteiger charge is -2.08. The van der Waals surface area contributed by atoms with Crippen LogP contribution >= 0.6 is 10.7 Å². The summed E-state index contributed by atoms with van der Waals surface area (Å²) in [4.78, 5) is 14.5. The predicted molar refractivity (Wildman–Crippen MR) is 78.1 cm³/mol. The van der Waals surface area contributed by atoms with Gasteiger partial charge in [0.05, 0.1) is 22.7 Å². The summed E-state index contributed by atoms with van der Waals surface area (Å²) in [5.74, 6) is 0.163. The summed E-state index contributed by atoms with van der Waals surface area (Å²) in [7, 11) is 1.54. The first-order valence-electron chi connectivity index (χ1n) is 5.96. The SMILES string of the molecule is O=[N+]([O-])c1ccc(OCCCS(=O)(=O)Cl)c2ncccc12. The molecule has 112 valence electrons. The van der Waals surface area contributed by atoms with Gasteiger partial charge in [0.25, 0.3) is 5.69 Å². The number of aromatic nitrogens is 1. The second kappa shape index (κ2) is 6.23. The van der Waals surface area contributed by atoms with E-state index in [1.165, 1.54) is 18.3 Å². The van der Waals surface area contributed by atoms with E-state index < -0.39 is 14.0 Å². The molecular weight excluding hydrogens is 320 g/mol. The fourth-order valence-corrected chi connectivity index (χ4v) is 2.61. The number of nitro benzene ring substituents is 1. The highest BCUT2D eigenvalue weighted by Crippen LogP contribution is 2.31. The normalized spacial score (nSPS) is 11.5. The second-order valence-corrected chi connectivity index (χ2v) is 7.08. The van der Waals surface area contributed by atoms with Crippen molar-refractivity contribution in [3.8, 4) is 5.75 Å². The van der Waals surface area contributed by atoms with E-state index in [-0.39, 0.29) is 24.5 Å². The average molecular weight is 331 g/mol. The number of fused-ring (bicyclic) bond motifs is 1. The standard InChI is InChI=1S/C12H11ClN2O5S/c13-21(18,19)8-2-7-20-11-5-4-10(15(16)17)9-3-1-6-14-12(9)11/h1,3-6H,2,7-8H2. The number of non-ortho nitro benzene ring substituents is 1. The van der Waals surface area contributed by atoms with Crippen molar-refractivity contribution in [2.45, 2.75) is 6.42 Å². The van der Waals surface area contributed by atoms with Gasteiger partial charge in [-0.1, -0.05) is 0 Å². The Morgan fingerprint density at radius 3 is 2.76 bits per heavy atom. The summed E-state index contributed by atoms with van der Waals surface area (Å²) in [5, 5.41) is 11.3. The molecule has 9 heteroatoms. The lowest BCUT2D eigenvalue weighted by Crippen LogP contribution is -2.05. The molecule has 0 spiro atoms. The Morgan fingerprint density at radius 1 is 1.33 bits per heavy atom. The Balaban J connectivity index is 2.22. The third kappa shape index (κ3) is 4.02. The fraction of sp³-hybridized carbons (Fsp3) is 0.250. The molecular formula is C12H11ClN2O5S. The summed E-state index contributed by atoms with van der Waals surface area (Å²) >= 11 is 0. The zero-order valence-corrected chi connectivity index (χ0v) is 12.3. The van der Waals surface area contributed by atoms with Crippen LogP contribution in [0.4, 0.5) is 5.69 Å². The number of nitro groups is 1. The van der Waals surface area contributed by atoms with Crippen LogP contribution in [0.2, 0.25) is 0 Å². The molecule has 2 aromatic rings. The molecule has 1 heterocycles. The number of hydrogen-bond donors (Lipinski definition) is 0. The van der Waals surface area contributed by atoms with E-state index in [9.17, 15) is 18.5 Å². The van der Waals surface area contributed by atoms with Gasteiger partial charge in [0.1, 0.15) is 11.3 Å². The zero-order chi connectivity index (χ0) is 15.5. The first-order chi connectivity index (χ1) is 9.88. The van der Waals surface area contributed by atoms with Crippen molar-refractivity contribution in [1.29, 1.82) is 0 Å². The van der Waals surface area contributed by atoms with Crippen molar-refractivity contribution < 1.29 is 18.1 Å². The molecule has 0 amide bonds. The van der Waals surface area contributed by atoms with Crippen molar-refractivity contribution in [2.75, 3.05) is 12.4 Å². The van der Waals surface area contributed by atoms with Crippen molar-refractivity contribution in [3.05, 3.63) is 40.6 Å². The van der Waals surface area contributed by atoms with Crippen LogP contribution in [0.1, 0.15) is 6.42 Å². The van der Waals surface area contributed by atoms with Crippen molar-refractivity contribution in [2.24, 2.45) is 0 Å². The van der Waals surface area contributed by atoms with Gasteiger partial charge in [0, 0.05) is 22.9 Å². The Bertz CT molecular complexity index is 778. The Morgan fingerprint density at radius 2 is 2.10 bits per heavy atom. The lowest BCUT2D eigenvalue weighted by molar-refractivity contribution is -0.383. The maximum absolute atomic E-state index is 11.0. The van der Waals surface area contributed by atoms with E-state index in [1.54, 1.807) is 12.1 Å². The van der Waals surface area contributed by atoms with Gasteiger partial charge in [-0.25, -0.2) is 8.42 Å². The number of ether oxygens (including phenoxy) is 1. The fourth-order valence-electron chi connectivity index (χ4n) is 1.82. The molecule has 0 atom stereocenters. The molecule has 1 aromatic heterocycles. The topological polar surface area (TPSA) is 99.4 Å². The van der Waals surface area contributed by atoms with Crippen LogP contribution in [0, 0.1) is 10.1 Å². The minimum atomic E-state index is -3.55. The van der Waals surface area contributed by atoms with Gasteiger partial charge in [0.15, 0.2) is 0 Å². The number of nitrogens with zero attached hydrogens (tertiary/aromatic N) is 2. The van der Waals surface area contributed by atoms with Crippen molar-refractivity contribution in [1.82, 2.24) is 4.98 Å². The van der Waals surface area contributed by atoms with E-state index in [0.29, 0.717) is 16.7 Å². The Hall–Kier alpha value is -1.93. The minimum Gasteiger partial charge on any atom is -0.491 e. The molecule has 0 saturated carbocycles. The largest absolute Gasteiger partial charge is 0.491 e. The van der Waals surface area contributed by atoms with Gasteiger partial charge >= 0.3 is 0 Å². The Labute approximate surface area is 125 Å². The number of hydrogen-bond acceptors (Lipinski definition) is 6. The average Bonchev–Trinajstić information content (AvgIpc) is 2.42. The molecule has 0 bridgehead atoms. The van der Waals surface area contributed by atoms with E-state index >= 15 is 0 Å². The molecule has 1 aromatic carbocycles. The molecule has 0 N–H and O–H groups in total. The van der Waals surface area contributed by atoms with Gasteiger partial charge in [-0.2, -0.15) is 0 Å². The number of halogens is 1. The molecule has 0 aliphatic heterocycles. The van der Waals surface area contributed by atoms with Crippen LogP contribution in [0.3, 0.4) is 0 Å². The van der Waals surface area contributed by atoms with E-state index in [0.717, 1.165) is 0 Å². The van der Waals surface area contributed by atoms with Crippen LogP contribution in [-0.2, 0) is 9.05 Å². The summed E-state index contributed by atoms with van der Waals surface area (Å²) in [6.07, 6.45) is 1.72. The van der Waals surface area contributed by atoms with E-state index in [4.69, 9.17) is 15.4 Å². The molecule has 7 nitrogen and oxygen atoms in total. The van der Waals surface area contributed by atoms with Crippen LogP contribution in [0.15, 0.2) is 30.5 Å². The minimum absolute atomic E-state index is 0.0613. The maximum atomic E-state index is 11.0. The second-order valence-electron chi connectivity index (χ2n) is 4.18. The van der Waals surface area contributed by atoms with Gasteiger partial charge < -0.3 is 4.74 Å². The molecule has 0 fully saturated rings. The number of benzene rings is 1. The van der Waals surface area contributed by atoms with Crippen LogP contribution < -0.4 is 4.74 Å². The first kappa shape index (κ1) is 15.5. The van der Waals surface area contributed by atoms with Gasteiger partial charge in [0.2, 0.25) is 9.05 Å². The molecule has 0 aliphatic carbocycles. The van der Waals surface area contributed by atoms with Crippen molar-refractivity contribution >= 4 is 36.3 Å². The van der Waals surface area contributed by atoms with E-state index in [2.05, 4.69) is 4.98 Å². The number of rotatable bonds is 6. The van der Waals surface area contributed by atoms with Gasteiger partial charge in [-0.3, -0.25) is 15.1 Å². The molecule has 2 rings (SSSR count). The maximum Gasteiger partial charge on any atom is 0.279 e. The quantitative estimate of drug-likeness (QED) is 0.349. The molecule has 0 aliphatic rings. The highest BCUT2D eigenvalue weighted by Gasteiger charge is 2.15. The van der Waals surface area contributed by atoms with Crippen LogP contribution in [0.25, 0.3) is 10.9 Å². The third-order valence-electron chi connectivity index (χ3n) is 2.70. The molecule has 0 unspecified atom stereocenters.